The highest BCUT2D eigenvalue weighted by Gasteiger charge is 2.05. The molecule has 2 nitrogen and oxygen atoms in total. The molecule has 0 amide bonds. The Kier molecular flexibility index (Phi) is 3.11. The van der Waals surface area contributed by atoms with Gasteiger partial charge in [-0.2, -0.15) is 0 Å². The van der Waals surface area contributed by atoms with E-state index >= 15 is 0 Å². The number of hydrogen-bond acceptors (Lipinski definition) is 3. The highest BCUT2D eigenvalue weighted by atomic mass is 32.8. The van der Waals surface area contributed by atoms with Gasteiger partial charge < -0.3 is 5.73 Å². The molecule has 0 fully saturated rings. The van der Waals surface area contributed by atoms with Crippen LogP contribution in [0.15, 0.2) is 24.4 Å². The summed E-state index contributed by atoms with van der Waals surface area (Å²) in [5.74, 6) is 0. The minimum atomic E-state index is -0.213. The van der Waals surface area contributed by atoms with Gasteiger partial charge in [0.15, 0.2) is 0 Å². The third-order valence-electron chi connectivity index (χ3n) is 1.34. The molecule has 0 bridgehead atoms. The molecular formula is C7H10N2S2. The maximum Gasteiger partial charge on any atom is 0.0979 e. The van der Waals surface area contributed by atoms with Gasteiger partial charge in [0, 0.05) is 6.20 Å². The van der Waals surface area contributed by atoms with Crippen molar-refractivity contribution >= 4 is 20.6 Å². The van der Waals surface area contributed by atoms with Gasteiger partial charge in [0.25, 0.3) is 0 Å². The van der Waals surface area contributed by atoms with Crippen LogP contribution in [0.4, 0.5) is 0 Å². The van der Waals surface area contributed by atoms with Gasteiger partial charge in [-0.25, -0.2) is 0 Å². The Labute approximate surface area is 73.4 Å². The monoisotopic (exact) mass is 186 g/mol. The van der Waals surface area contributed by atoms with E-state index in [1.54, 1.807) is 6.20 Å². The molecule has 0 saturated carbocycles. The third kappa shape index (κ3) is 2.32. The zero-order valence-corrected chi connectivity index (χ0v) is 7.86. The van der Waals surface area contributed by atoms with E-state index in [0.717, 1.165) is 5.69 Å². The number of aromatic nitrogens is 1. The minimum absolute atomic E-state index is 0.0915. The topological polar surface area (TPSA) is 38.9 Å². The van der Waals surface area contributed by atoms with Gasteiger partial charge in [0.1, 0.15) is 0 Å². The smallest absolute Gasteiger partial charge is 0.0979 e. The van der Waals surface area contributed by atoms with Crippen LogP contribution in [-0.4, -0.2) is 11.2 Å². The van der Waals surface area contributed by atoms with Crippen molar-refractivity contribution < 1.29 is 0 Å². The van der Waals surface area contributed by atoms with Gasteiger partial charge in [-0.3, -0.25) is 4.98 Å². The largest absolute Gasteiger partial charge is 0.314 e. The summed E-state index contributed by atoms with van der Waals surface area (Å²) in [6.45, 7) is 0. The second-order valence-corrected chi connectivity index (χ2v) is 5.26. The van der Waals surface area contributed by atoms with Crippen LogP contribution in [0.3, 0.4) is 0 Å². The zero-order chi connectivity index (χ0) is 8.27. The van der Waals surface area contributed by atoms with Crippen molar-refractivity contribution in [1.82, 2.24) is 4.98 Å². The van der Waals surface area contributed by atoms with Crippen molar-refractivity contribution in [2.24, 2.45) is 5.73 Å². The lowest BCUT2D eigenvalue weighted by atomic mass is 10.3. The van der Waals surface area contributed by atoms with Gasteiger partial charge in [0.05, 0.1) is 11.1 Å². The summed E-state index contributed by atoms with van der Waals surface area (Å²) in [7, 11) is -0.213. The summed E-state index contributed by atoms with van der Waals surface area (Å²) >= 11 is 5.05. The molecule has 0 radical (unpaired) electrons. The summed E-state index contributed by atoms with van der Waals surface area (Å²) in [5, 5.41) is -0.0915. The summed E-state index contributed by atoms with van der Waals surface area (Å²) in [5.41, 5.74) is 6.67. The molecule has 1 heterocycles. The summed E-state index contributed by atoms with van der Waals surface area (Å²) < 4.78 is 0. The van der Waals surface area contributed by atoms with Gasteiger partial charge >= 0.3 is 0 Å². The molecule has 0 aliphatic heterocycles. The summed E-state index contributed by atoms with van der Waals surface area (Å²) in [6, 6.07) is 5.69. The predicted molar refractivity (Wildman–Crippen MR) is 51.8 cm³/mol. The van der Waals surface area contributed by atoms with Crippen molar-refractivity contribution in [1.29, 1.82) is 0 Å². The highest BCUT2D eigenvalue weighted by Crippen LogP contribution is 2.08. The molecule has 2 atom stereocenters. The Morgan fingerprint density at radius 3 is 2.82 bits per heavy atom. The number of nitrogens with zero attached hydrogens (tertiary/aromatic N) is 1. The molecule has 2 N–H and O–H groups in total. The lowest BCUT2D eigenvalue weighted by molar-refractivity contribution is 0.961. The van der Waals surface area contributed by atoms with E-state index in [9.17, 15) is 0 Å². The van der Waals surface area contributed by atoms with Gasteiger partial charge in [0.2, 0.25) is 0 Å². The van der Waals surface area contributed by atoms with Crippen molar-refractivity contribution in [2.75, 3.05) is 6.26 Å². The molecule has 0 aliphatic carbocycles. The molecule has 0 spiro atoms. The molecule has 60 valence electrons. The Bertz CT molecular complexity index is 248. The maximum absolute atomic E-state index is 5.78. The second-order valence-electron chi connectivity index (χ2n) is 2.17. The van der Waals surface area contributed by atoms with Crippen LogP contribution in [0, 0.1) is 0 Å². The molecular weight excluding hydrogens is 176 g/mol. The molecule has 11 heavy (non-hydrogen) atoms. The average molecular weight is 186 g/mol. The Morgan fingerprint density at radius 1 is 1.64 bits per heavy atom. The SMILES string of the molecule is CS(=S)C(N)c1ccccn1. The average Bonchev–Trinajstić information content (AvgIpc) is 2.05. The molecule has 1 aromatic rings. The van der Waals surface area contributed by atoms with Crippen LogP contribution in [0.25, 0.3) is 0 Å². The van der Waals surface area contributed by atoms with Crippen LogP contribution in [0.2, 0.25) is 0 Å². The van der Waals surface area contributed by atoms with E-state index in [2.05, 4.69) is 4.98 Å². The first kappa shape index (κ1) is 8.77. The Hall–Kier alpha value is -0.320. The molecule has 1 rings (SSSR count). The predicted octanol–water partition coefficient (Wildman–Crippen LogP) is 0.749. The lowest BCUT2D eigenvalue weighted by Crippen LogP contribution is -2.15. The number of pyridine rings is 1. The van der Waals surface area contributed by atoms with Crippen LogP contribution in [0.5, 0.6) is 0 Å². The molecule has 0 aromatic carbocycles. The minimum Gasteiger partial charge on any atom is -0.314 e. The van der Waals surface area contributed by atoms with Crippen molar-refractivity contribution in [3.8, 4) is 0 Å². The standard InChI is InChI=1S/C7H10N2S2/c1-11(10)7(8)6-4-2-3-5-9-6/h2-5,7H,8H2,1H3. The Morgan fingerprint density at radius 2 is 2.36 bits per heavy atom. The first-order valence-corrected chi connectivity index (χ1v) is 5.82. The number of hydrogen-bond donors (Lipinski definition) is 1. The first-order valence-electron chi connectivity index (χ1n) is 3.20. The van der Waals surface area contributed by atoms with Crippen molar-refractivity contribution in [2.45, 2.75) is 5.37 Å². The molecule has 0 saturated heterocycles. The molecule has 4 heteroatoms. The normalized spacial score (nSPS) is 15.8. The van der Waals surface area contributed by atoms with E-state index in [0.29, 0.717) is 0 Å². The first-order chi connectivity index (χ1) is 5.22. The molecule has 1 aromatic heterocycles. The third-order valence-corrected chi connectivity index (χ3v) is 2.92. The second kappa shape index (κ2) is 3.90. The van der Waals surface area contributed by atoms with Crippen LogP contribution < -0.4 is 5.73 Å². The van der Waals surface area contributed by atoms with E-state index in [1.807, 2.05) is 24.5 Å². The Balaban J connectivity index is 2.85. The van der Waals surface area contributed by atoms with Crippen molar-refractivity contribution in [3.63, 3.8) is 0 Å². The van der Waals surface area contributed by atoms with E-state index in [4.69, 9.17) is 16.9 Å². The lowest BCUT2D eigenvalue weighted by Gasteiger charge is -2.08. The van der Waals surface area contributed by atoms with E-state index < -0.39 is 0 Å². The summed E-state index contributed by atoms with van der Waals surface area (Å²) in [4.78, 5) is 4.12. The van der Waals surface area contributed by atoms with E-state index in [1.165, 1.54) is 0 Å². The van der Waals surface area contributed by atoms with Crippen molar-refractivity contribution in [3.05, 3.63) is 30.1 Å². The van der Waals surface area contributed by atoms with Crippen LogP contribution >= 0.6 is 0 Å². The van der Waals surface area contributed by atoms with Gasteiger partial charge in [-0.05, 0) is 18.4 Å². The van der Waals surface area contributed by atoms with E-state index in [-0.39, 0.29) is 14.8 Å². The van der Waals surface area contributed by atoms with Crippen LogP contribution in [0.1, 0.15) is 11.1 Å². The zero-order valence-electron chi connectivity index (χ0n) is 6.23. The number of rotatable bonds is 2. The fourth-order valence-corrected chi connectivity index (χ4v) is 1.49. The summed E-state index contributed by atoms with van der Waals surface area (Å²) in [6.07, 6.45) is 3.67. The quantitative estimate of drug-likeness (QED) is 0.741. The highest BCUT2D eigenvalue weighted by molar-refractivity contribution is 8.28. The number of nitrogens with two attached hydrogens (primary N) is 1. The fourth-order valence-electron chi connectivity index (χ4n) is 0.714. The molecule has 2 unspecified atom stereocenters. The van der Waals surface area contributed by atoms with Gasteiger partial charge in [-0.1, -0.05) is 17.3 Å². The molecule has 0 aliphatic rings. The maximum atomic E-state index is 5.78. The van der Waals surface area contributed by atoms with Crippen LogP contribution in [-0.2, 0) is 20.6 Å². The fraction of sp³-hybridized carbons (Fsp3) is 0.286. The van der Waals surface area contributed by atoms with Gasteiger partial charge in [-0.15, -0.1) is 9.45 Å².